The summed E-state index contributed by atoms with van der Waals surface area (Å²) in [4.78, 5) is -0.320. The zero-order valence-corrected chi connectivity index (χ0v) is 12.8. The Labute approximate surface area is 126 Å². The van der Waals surface area contributed by atoms with E-state index in [9.17, 15) is 26.0 Å². The molecule has 1 aliphatic carbocycles. The molecule has 1 N–H and O–H groups in total. The molecule has 0 saturated heterocycles. The zero-order chi connectivity index (χ0) is 16.5. The van der Waals surface area contributed by atoms with Gasteiger partial charge in [0.05, 0.1) is 10.8 Å². The third-order valence-corrected chi connectivity index (χ3v) is 5.56. The van der Waals surface area contributed by atoms with Crippen LogP contribution < -0.4 is 4.72 Å². The summed E-state index contributed by atoms with van der Waals surface area (Å²) in [6, 6.07) is 2.00. The Hall–Kier alpha value is -1.15. The van der Waals surface area contributed by atoms with Gasteiger partial charge in [-0.2, -0.15) is 13.2 Å². The maximum absolute atomic E-state index is 13.2. The van der Waals surface area contributed by atoms with Crippen LogP contribution in [0.1, 0.15) is 31.2 Å². The van der Waals surface area contributed by atoms with Gasteiger partial charge >= 0.3 is 6.18 Å². The molecule has 0 aromatic heterocycles. The molecule has 1 aliphatic rings. The van der Waals surface area contributed by atoms with Gasteiger partial charge in [-0.15, -0.1) is 0 Å². The molecule has 2 atom stereocenters. The maximum Gasteiger partial charge on any atom is 0.393 e. The number of aryl methyl sites for hydroxylation is 1. The quantitative estimate of drug-likeness (QED) is 0.857. The second-order valence-corrected chi connectivity index (χ2v) is 7.25. The van der Waals surface area contributed by atoms with E-state index in [0.29, 0.717) is 12.8 Å². The Morgan fingerprint density at radius 3 is 2.45 bits per heavy atom. The van der Waals surface area contributed by atoms with E-state index in [1.807, 2.05) is 0 Å². The minimum Gasteiger partial charge on any atom is -0.207 e. The van der Waals surface area contributed by atoms with Crippen molar-refractivity contribution < 1.29 is 26.0 Å². The number of alkyl halides is 3. The second kappa shape index (κ2) is 6.16. The van der Waals surface area contributed by atoms with E-state index < -0.39 is 34.0 Å². The molecule has 1 aromatic rings. The molecule has 124 valence electrons. The molecule has 3 nitrogen and oxygen atoms in total. The van der Waals surface area contributed by atoms with Crippen molar-refractivity contribution in [1.29, 1.82) is 0 Å². The third-order valence-electron chi connectivity index (χ3n) is 3.93. The summed E-state index contributed by atoms with van der Waals surface area (Å²) >= 11 is 0. The van der Waals surface area contributed by atoms with Crippen molar-refractivity contribution in [2.75, 3.05) is 0 Å². The van der Waals surface area contributed by atoms with Crippen LogP contribution >= 0.6 is 0 Å². The minimum absolute atomic E-state index is 0.0984. The second-order valence-electron chi connectivity index (χ2n) is 5.57. The summed E-state index contributed by atoms with van der Waals surface area (Å²) in [6.45, 7) is 1.47. The Balaban J connectivity index is 2.29. The molecule has 1 saturated carbocycles. The molecule has 1 fully saturated rings. The Morgan fingerprint density at radius 2 is 1.82 bits per heavy atom. The lowest BCUT2D eigenvalue weighted by Crippen LogP contribution is -2.47. The third kappa shape index (κ3) is 3.78. The highest BCUT2D eigenvalue weighted by atomic mass is 32.2. The number of hydrogen-bond donors (Lipinski definition) is 1. The molecule has 0 radical (unpaired) electrons. The fraction of sp³-hybridized carbons (Fsp3) is 0.571. The molecule has 0 unspecified atom stereocenters. The van der Waals surface area contributed by atoms with Crippen LogP contribution in [0.2, 0.25) is 0 Å². The van der Waals surface area contributed by atoms with E-state index in [-0.39, 0.29) is 23.3 Å². The molecule has 8 heteroatoms. The van der Waals surface area contributed by atoms with Gasteiger partial charge in [-0.05, 0) is 37.5 Å². The van der Waals surface area contributed by atoms with Gasteiger partial charge in [0, 0.05) is 6.04 Å². The lowest BCUT2D eigenvalue weighted by molar-refractivity contribution is -0.187. The minimum atomic E-state index is -4.45. The van der Waals surface area contributed by atoms with E-state index in [2.05, 4.69) is 4.72 Å². The van der Waals surface area contributed by atoms with Crippen LogP contribution in [0.15, 0.2) is 23.1 Å². The van der Waals surface area contributed by atoms with Crippen molar-refractivity contribution in [2.24, 2.45) is 5.92 Å². The molecule has 1 aromatic carbocycles. The van der Waals surface area contributed by atoms with E-state index in [1.165, 1.54) is 13.0 Å². The summed E-state index contributed by atoms with van der Waals surface area (Å²) in [5.41, 5.74) is 0.285. The molecular weight excluding hydrogens is 322 g/mol. The first-order chi connectivity index (χ1) is 10.1. The molecular formula is C14H17F4NO2S. The average Bonchev–Trinajstić information content (AvgIpc) is 2.40. The molecule has 22 heavy (non-hydrogen) atoms. The molecule has 0 aliphatic heterocycles. The molecule has 0 bridgehead atoms. The number of sulfonamides is 1. The predicted molar refractivity (Wildman–Crippen MR) is 73.3 cm³/mol. The fourth-order valence-electron chi connectivity index (χ4n) is 2.79. The maximum atomic E-state index is 13.2. The van der Waals surface area contributed by atoms with Crippen LogP contribution in [0.25, 0.3) is 0 Å². The first-order valence-corrected chi connectivity index (χ1v) is 8.45. The van der Waals surface area contributed by atoms with Crippen LogP contribution in [0.3, 0.4) is 0 Å². The van der Waals surface area contributed by atoms with Crippen LogP contribution in [0, 0.1) is 18.7 Å². The summed E-state index contributed by atoms with van der Waals surface area (Å²) in [7, 11) is -4.20. The van der Waals surface area contributed by atoms with Gasteiger partial charge in [0.25, 0.3) is 0 Å². The van der Waals surface area contributed by atoms with Crippen molar-refractivity contribution in [1.82, 2.24) is 4.72 Å². The molecule has 0 spiro atoms. The van der Waals surface area contributed by atoms with Crippen molar-refractivity contribution in [3.8, 4) is 0 Å². The lowest BCUT2D eigenvalue weighted by Gasteiger charge is -2.33. The Bertz CT molecular complexity index is 643. The summed E-state index contributed by atoms with van der Waals surface area (Å²) in [5.74, 6) is -2.45. The monoisotopic (exact) mass is 339 g/mol. The zero-order valence-electron chi connectivity index (χ0n) is 12.0. The van der Waals surface area contributed by atoms with Crippen molar-refractivity contribution in [3.63, 3.8) is 0 Å². The van der Waals surface area contributed by atoms with Crippen molar-refractivity contribution in [3.05, 3.63) is 29.6 Å². The highest BCUT2D eigenvalue weighted by Gasteiger charge is 2.46. The van der Waals surface area contributed by atoms with Gasteiger partial charge in [-0.1, -0.05) is 18.9 Å². The normalized spacial score (nSPS) is 23.5. The predicted octanol–water partition coefficient (Wildman–Crippen LogP) is 3.53. The van der Waals surface area contributed by atoms with Crippen LogP contribution in [0.4, 0.5) is 17.6 Å². The number of rotatable bonds is 3. The fourth-order valence-corrected chi connectivity index (χ4v) is 4.36. The first-order valence-electron chi connectivity index (χ1n) is 6.96. The van der Waals surface area contributed by atoms with Gasteiger partial charge in [0.1, 0.15) is 5.82 Å². The molecule has 0 amide bonds. The van der Waals surface area contributed by atoms with Gasteiger partial charge < -0.3 is 0 Å². The number of halogens is 4. The average molecular weight is 339 g/mol. The Morgan fingerprint density at radius 1 is 1.18 bits per heavy atom. The van der Waals surface area contributed by atoms with Crippen molar-refractivity contribution in [2.45, 2.75) is 49.7 Å². The number of benzene rings is 1. The van der Waals surface area contributed by atoms with Crippen LogP contribution in [-0.4, -0.2) is 20.6 Å². The SMILES string of the molecule is Cc1ccc(F)cc1S(=O)(=O)N[C@H]1CCCC[C@H]1C(F)(F)F. The van der Waals surface area contributed by atoms with Gasteiger partial charge in [0.2, 0.25) is 10.0 Å². The van der Waals surface area contributed by atoms with Gasteiger partial charge in [-0.3, -0.25) is 0 Å². The topological polar surface area (TPSA) is 46.2 Å². The van der Waals surface area contributed by atoms with Crippen LogP contribution in [-0.2, 0) is 10.0 Å². The first kappa shape index (κ1) is 17.2. The van der Waals surface area contributed by atoms with Gasteiger partial charge in [0.15, 0.2) is 0 Å². The highest BCUT2D eigenvalue weighted by molar-refractivity contribution is 7.89. The smallest absolute Gasteiger partial charge is 0.207 e. The van der Waals surface area contributed by atoms with E-state index >= 15 is 0 Å². The lowest BCUT2D eigenvalue weighted by atomic mass is 9.85. The molecule has 2 rings (SSSR count). The van der Waals surface area contributed by atoms with Gasteiger partial charge in [-0.25, -0.2) is 17.5 Å². The number of hydrogen-bond acceptors (Lipinski definition) is 2. The van der Waals surface area contributed by atoms with E-state index in [0.717, 1.165) is 12.1 Å². The van der Waals surface area contributed by atoms with E-state index in [1.54, 1.807) is 0 Å². The highest BCUT2D eigenvalue weighted by Crippen LogP contribution is 2.38. The summed E-state index contributed by atoms with van der Waals surface area (Å²) in [5, 5.41) is 0. The van der Waals surface area contributed by atoms with E-state index in [4.69, 9.17) is 0 Å². The largest absolute Gasteiger partial charge is 0.393 e. The van der Waals surface area contributed by atoms with Crippen LogP contribution in [0.5, 0.6) is 0 Å². The standard InChI is InChI=1S/C14H17F4NO2S/c1-9-6-7-10(15)8-13(9)22(20,21)19-12-5-3-2-4-11(12)14(16,17)18/h6-8,11-12,19H,2-5H2,1H3/t11-,12+/m1/s1. The number of nitrogens with one attached hydrogen (secondary N) is 1. The molecule has 0 heterocycles. The summed E-state index contributed by atoms with van der Waals surface area (Å²) < 4.78 is 79.0. The van der Waals surface area contributed by atoms with Crippen molar-refractivity contribution >= 4 is 10.0 Å². The summed E-state index contributed by atoms with van der Waals surface area (Å²) in [6.07, 6.45) is -3.48. The Kier molecular flexibility index (Phi) is 4.81.